The number of aromatic nitrogens is 2. The normalized spacial score (nSPS) is 22.1. The van der Waals surface area contributed by atoms with Gasteiger partial charge in [-0.15, -0.1) is 0 Å². The summed E-state index contributed by atoms with van der Waals surface area (Å²) in [6.45, 7) is 0.599. The SMILES string of the molecule is O=S1(=O)CCC(Cn2c(=S)[nH]c3cccc(Cl)c32)C1. The van der Waals surface area contributed by atoms with Gasteiger partial charge in [-0.25, -0.2) is 8.42 Å². The lowest BCUT2D eigenvalue weighted by Crippen LogP contribution is -2.12. The molecule has 1 saturated heterocycles. The number of imidazole rings is 1. The Kier molecular flexibility index (Phi) is 3.19. The smallest absolute Gasteiger partial charge is 0.178 e. The van der Waals surface area contributed by atoms with Crippen molar-refractivity contribution >= 4 is 44.7 Å². The van der Waals surface area contributed by atoms with Crippen LogP contribution in [0.25, 0.3) is 11.0 Å². The van der Waals surface area contributed by atoms with Gasteiger partial charge in [-0.3, -0.25) is 0 Å². The Bertz CT molecular complexity index is 792. The number of hydrogen-bond donors (Lipinski definition) is 1. The van der Waals surface area contributed by atoms with Crippen molar-refractivity contribution in [1.82, 2.24) is 9.55 Å². The van der Waals surface area contributed by atoms with E-state index in [1.54, 1.807) is 0 Å². The second kappa shape index (κ2) is 4.61. The molecule has 1 aromatic carbocycles. The maximum Gasteiger partial charge on any atom is 0.178 e. The topological polar surface area (TPSA) is 54.9 Å². The molecule has 1 unspecified atom stereocenters. The quantitative estimate of drug-likeness (QED) is 0.867. The Balaban J connectivity index is 2.02. The van der Waals surface area contributed by atoms with E-state index < -0.39 is 9.84 Å². The van der Waals surface area contributed by atoms with E-state index in [0.29, 0.717) is 22.8 Å². The van der Waals surface area contributed by atoms with Crippen molar-refractivity contribution in [3.8, 4) is 0 Å². The molecule has 0 bridgehead atoms. The van der Waals surface area contributed by atoms with Gasteiger partial charge in [0.25, 0.3) is 0 Å². The van der Waals surface area contributed by atoms with Gasteiger partial charge in [0, 0.05) is 6.54 Å². The van der Waals surface area contributed by atoms with Crippen LogP contribution in [0.1, 0.15) is 6.42 Å². The summed E-state index contributed by atoms with van der Waals surface area (Å²) in [5.74, 6) is 0.638. The van der Waals surface area contributed by atoms with E-state index in [4.69, 9.17) is 23.8 Å². The van der Waals surface area contributed by atoms with Gasteiger partial charge in [0.2, 0.25) is 0 Å². The number of rotatable bonds is 2. The van der Waals surface area contributed by atoms with Crippen molar-refractivity contribution in [1.29, 1.82) is 0 Å². The Labute approximate surface area is 121 Å². The highest BCUT2D eigenvalue weighted by Gasteiger charge is 2.28. The molecule has 0 spiro atoms. The molecule has 0 aliphatic carbocycles. The molecule has 1 aliphatic rings. The van der Waals surface area contributed by atoms with Crippen molar-refractivity contribution < 1.29 is 8.42 Å². The summed E-state index contributed by atoms with van der Waals surface area (Å²) in [6, 6.07) is 5.59. The molecule has 19 heavy (non-hydrogen) atoms. The van der Waals surface area contributed by atoms with Crippen molar-refractivity contribution in [3.05, 3.63) is 28.0 Å². The third-order valence-corrected chi connectivity index (χ3v) is 5.98. The van der Waals surface area contributed by atoms with Crippen molar-refractivity contribution in [3.63, 3.8) is 0 Å². The molecule has 1 fully saturated rings. The zero-order valence-corrected chi connectivity index (χ0v) is 12.5. The summed E-state index contributed by atoms with van der Waals surface area (Å²) in [5.41, 5.74) is 1.75. The average molecular weight is 317 g/mol. The monoisotopic (exact) mass is 316 g/mol. The van der Waals surface area contributed by atoms with Crippen molar-refractivity contribution in [2.45, 2.75) is 13.0 Å². The number of nitrogens with one attached hydrogen (secondary N) is 1. The third kappa shape index (κ3) is 2.44. The molecule has 1 aromatic heterocycles. The standard InChI is InChI=1S/C12H13ClN2O2S2/c13-9-2-1-3-10-11(9)15(12(18)14-10)6-8-4-5-19(16,17)7-8/h1-3,8H,4-7H2,(H,14,18). The lowest BCUT2D eigenvalue weighted by Gasteiger charge is -2.10. The Morgan fingerprint density at radius 1 is 1.47 bits per heavy atom. The van der Waals surface area contributed by atoms with Crippen LogP contribution in [0.5, 0.6) is 0 Å². The number of H-pyrrole nitrogens is 1. The summed E-state index contributed by atoms with van der Waals surface area (Å²) >= 11 is 11.5. The molecule has 2 heterocycles. The van der Waals surface area contributed by atoms with Gasteiger partial charge >= 0.3 is 0 Å². The van der Waals surface area contributed by atoms with Gasteiger partial charge in [0.05, 0.1) is 27.6 Å². The molecular formula is C12H13ClN2O2S2. The number of para-hydroxylation sites is 1. The molecular weight excluding hydrogens is 304 g/mol. The Morgan fingerprint density at radius 2 is 2.26 bits per heavy atom. The molecule has 1 N–H and O–H groups in total. The van der Waals surface area contributed by atoms with Crippen LogP contribution in [-0.4, -0.2) is 29.5 Å². The first-order chi connectivity index (χ1) is 8.96. The molecule has 0 saturated carbocycles. The first kappa shape index (κ1) is 13.1. The van der Waals surface area contributed by atoms with Gasteiger partial charge in [-0.05, 0) is 36.7 Å². The zero-order chi connectivity index (χ0) is 13.6. The molecule has 3 rings (SSSR count). The molecule has 102 valence electrons. The predicted molar refractivity (Wildman–Crippen MR) is 78.9 cm³/mol. The summed E-state index contributed by atoms with van der Waals surface area (Å²) in [4.78, 5) is 3.11. The zero-order valence-electron chi connectivity index (χ0n) is 10.1. The fourth-order valence-electron chi connectivity index (χ4n) is 2.62. The van der Waals surface area contributed by atoms with Gasteiger partial charge < -0.3 is 9.55 Å². The summed E-state index contributed by atoms with van der Waals surface area (Å²) < 4.78 is 25.5. The number of sulfone groups is 1. The summed E-state index contributed by atoms with van der Waals surface area (Å²) in [5, 5.41) is 0.630. The number of hydrogen-bond acceptors (Lipinski definition) is 3. The number of benzene rings is 1. The van der Waals surface area contributed by atoms with E-state index in [1.807, 2.05) is 22.8 Å². The Hall–Kier alpha value is -0.850. The van der Waals surface area contributed by atoms with Gasteiger partial charge in [0.15, 0.2) is 14.6 Å². The summed E-state index contributed by atoms with van der Waals surface area (Å²) in [7, 11) is -2.87. The van der Waals surface area contributed by atoms with Crippen LogP contribution in [0.3, 0.4) is 0 Å². The van der Waals surface area contributed by atoms with Crippen LogP contribution < -0.4 is 0 Å². The minimum Gasteiger partial charge on any atom is -0.331 e. The molecule has 4 nitrogen and oxygen atoms in total. The van der Waals surface area contributed by atoms with Gasteiger partial charge in [0.1, 0.15) is 0 Å². The van der Waals surface area contributed by atoms with E-state index in [0.717, 1.165) is 11.0 Å². The molecule has 7 heteroatoms. The number of fused-ring (bicyclic) bond motifs is 1. The van der Waals surface area contributed by atoms with E-state index in [-0.39, 0.29) is 17.4 Å². The number of halogens is 1. The average Bonchev–Trinajstić information content (AvgIpc) is 2.81. The Morgan fingerprint density at radius 3 is 2.95 bits per heavy atom. The number of nitrogens with zero attached hydrogens (tertiary/aromatic N) is 1. The van der Waals surface area contributed by atoms with Crippen molar-refractivity contribution in [2.24, 2.45) is 5.92 Å². The highest BCUT2D eigenvalue weighted by Crippen LogP contribution is 2.27. The van der Waals surface area contributed by atoms with Crippen LogP contribution >= 0.6 is 23.8 Å². The van der Waals surface area contributed by atoms with Crippen LogP contribution in [-0.2, 0) is 16.4 Å². The fraction of sp³-hybridized carbons (Fsp3) is 0.417. The van der Waals surface area contributed by atoms with Crippen LogP contribution in [0.15, 0.2) is 18.2 Å². The summed E-state index contributed by atoms with van der Waals surface area (Å²) in [6.07, 6.45) is 0.696. The second-order valence-electron chi connectivity index (χ2n) is 4.95. The first-order valence-corrected chi connectivity index (χ1v) is 8.64. The minimum atomic E-state index is -2.87. The van der Waals surface area contributed by atoms with Crippen molar-refractivity contribution in [2.75, 3.05) is 11.5 Å². The van der Waals surface area contributed by atoms with E-state index in [9.17, 15) is 8.42 Å². The van der Waals surface area contributed by atoms with E-state index in [1.165, 1.54) is 0 Å². The minimum absolute atomic E-state index is 0.118. The van der Waals surface area contributed by atoms with Gasteiger partial charge in [-0.1, -0.05) is 17.7 Å². The highest BCUT2D eigenvalue weighted by atomic mass is 35.5. The maximum atomic E-state index is 11.5. The van der Waals surface area contributed by atoms with Crippen LogP contribution in [0.4, 0.5) is 0 Å². The highest BCUT2D eigenvalue weighted by molar-refractivity contribution is 7.91. The van der Waals surface area contributed by atoms with Crippen LogP contribution in [0.2, 0.25) is 5.02 Å². The first-order valence-electron chi connectivity index (χ1n) is 6.04. The number of aromatic amines is 1. The molecule has 1 atom stereocenters. The molecule has 0 radical (unpaired) electrons. The third-order valence-electron chi connectivity index (χ3n) is 3.51. The maximum absolute atomic E-state index is 11.5. The predicted octanol–water partition coefficient (Wildman–Crippen LogP) is 2.79. The van der Waals surface area contributed by atoms with E-state index >= 15 is 0 Å². The van der Waals surface area contributed by atoms with E-state index in [2.05, 4.69) is 4.98 Å². The molecule has 0 amide bonds. The van der Waals surface area contributed by atoms with Gasteiger partial charge in [-0.2, -0.15) is 0 Å². The lowest BCUT2D eigenvalue weighted by atomic mass is 10.1. The van der Waals surface area contributed by atoms with Crippen LogP contribution in [0, 0.1) is 10.7 Å². The molecule has 2 aromatic rings. The fourth-order valence-corrected chi connectivity index (χ4v) is 5.02. The lowest BCUT2D eigenvalue weighted by molar-refractivity contribution is 0.495. The second-order valence-corrected chi connectivity index (χ2v) is 7.97. The molecule has 1 aliphatic heterocycles. The largest absolute Gasteiger partial charge is 0.331 e.